The Morgan fingerprint density at radius 2 is 1.12 bits per heavy atom. The molecule has 0 rings (SSSR count). The molecule has 0 saturated carbocycles. The van der Waals surface area contributed by atoms with Gasteiger partial charge in [-0.25, -0.2) is 0 Å². The quantitative estimate of drug-likeness (QED) is 0.314. The smallest absolute Gasteiger partial charge is 1.00 e. The third kappa shape index (κ3) is 41.2. The van der Waals surface area contributed by atoms with Crippen LogP contribution in [-0.4, -0.2) is 13.3 Å². The van der Waals surface area contributed by atoms with Gasteiger partial charge in [-0.2, -0.15) is 4.21 Å². The zero-order chi connectivity index (χ0) is 3.58. The second kappa shape index (κ2) is 23.0. The first kappa shape index (κ1) is 29.2. The van der Waals surface area contributed by atoms with E-state index in [-0.39, 0.29) is 181 Å². The fraction of sp³-hybridized carbons (Fsp3) is 0. The van der Waals surface area contributed by atoms with Crippen LogP contribution in [-0.2, 0) is 33.7 Å². The van der Waals surface area contributed by atoms with Crippen LogP contribution >= 0.6 is 0 Å². The maximum Gasteiger partial charge on any atom is 1.00 e. The van der Waals surface area contributed by atoms with Gasteiger partial charge in [0.2, 0.25) is 0 Å². The summed E-state index contributed by atoms with van der Waals surface area (Å²) >= 11 is -2.61. The number of hydrogen-bond acceptors (Lipinski definition) is 1. The Hall–Kier alpha value is 5.72. The average molecular weight is 399 g/mol. The van der Waals surface area contributed by atoms with Crippen LogP contribution in [0.4, 0.5) is 0 Å². The summed E-state index contributed by atoms with van der Waals surface area (Å²) in [4.78, 5) is 0. The third-order valence-corrected chi connectivity index (χ3v) is 0. The Kier molecular flexibility index (Phi) is 83.9. The molecule has 0 aliphatic carbocycles. The molecule has 1 radical (unpaired) electrons. The molecule has 8 heavy (non-hydrogen) atoms. The zero-order valence-corrected chi connectivity index (χ0v) is 17.4. The summed E-state index contributed by atoms with van der Waals surface area (Å²) in [5, 5.41) is 0. The van der Waals surface area contributed by atoms with Crippen molar-refractivity contribution in [2.45, 2.75) is 0 Å². The maximum absolute atomic E-state index is 8.67. The van der Waals surface area contributed by atoms with Gasteiger partial charge in [0.15, 0.2) is 0 Å². The average Bonchev–Trinajstić information content (AvgIpc) is 0.811. The summed E-state index contributed by atoms with van der Waals surface area (Å²) in [7, 11) is 0. The predicted octanol–water partition coefficient (Wildman–Crippen LogP) is -8.97. The van der Waals surface area contributed by atoms with E-state index in [2.05, 4.69) is 0 Å². The van der Waals surface area contributed by atoms with Gasteiger partial charge in [-0.15, -0.1) is 0 Å². The van der Waals surface area contributed by atoms with Gasteiger partial charge in [-0.05, 0) is 0 Å². The Balaban J connectivity index is -0.00000000214. The van der Waals surface area contributed by atoms with Crippen molar-refractivity contribution in [1.82, 2.24) is 0 Å². The van der Waals surface area contributed by atoms with Crippen molar-refractivity contribution >= 4 is 11.4 Å². The van der Waals surface area contributed by atoms with Crippen molar-refractivity contribution in [2.24, 2.45) is 0 Å². The van der Waals surface area contributed by atoms with Crippen molar-refractivity contribution in [3.8, 4) is 0 Å². The van der Waals surface area contributed by atoms with Gasteiger partial charge < -0.3 is 4.28 Å². The standard InChI is InChI=1S/Au.3K.H2O3S.3H/c;;;;1-4(2)3;;;/h;;;;(H2,1,2,3);;;/q;3*+1;;3*-1. The Bertz CT molecular complexity index is 46.8. The largest absolute Gasteiger partial charge is 1.00 e. The van der Waals surface area contributed by atoms with Gasteiger partial charge >= 0.3 is 154 Å². The molecule has 3 nitrogen and oxygen atoms in total. The summed E-state index contributed by atoms with van der Waals surface area (Å²) in [6.45, 7) is 0. The molecule has 0 saturated heterocycles. The molecule has 0 unspecified atom stereocenters. The minimum atomic E-state index is -2.61. The van der Waals surface area contributed by atoms with Gasteiger partial charge in [0.05, 0.1) is 0 Å². The monoisotopic (exact) mass is 399 g/mol. The zero-order valence-electron chi connectivity index (χ0n) is 8.01. The minimum Gasteiger partial charge on any atom is -1.00 e. The van der Waals surface area contributed by atoms with Crippen LogP contribution in [0.15, 0.2) is 0 Å². The molecule has 0 amide bonds. The molecule has 8 heteroatoms. The molecule has 0 aromatic heterocycles. The molecule has 0 aromatic rings. The van der Waals surface area contributed by atoms with Crippen molar-refractivity contribution < 1.29 is 194 Å². The van der Waals surface area contributed by atoms with E-state index >= 15 is 0 Å². The van der Waals surface area contributed by atoms with Crippen molar-refractivity contribution in [3.05, 3.63) is 0 Å². The second-order valence-electron chi connectivity index (χ2n) is 0.231. The second-order valence-corrected chi connectivity index (χ2v) is 0.692. The van der Waals surface area contributed by atoms with Crippen LogP contribution in [0.5, 0.6) is 0 Å². The van der Waals surface area contributed by atoms with Crippen LogP contribution in [0.25, 0.3) is 0 Å². The van der Waals surface area contributed by atoms with E-state index < -0.39 is 11.4 Å². The molecular weight excluding hydrogens is 394 g/mol. The van der Waals surface area contributed by atoms with Crippen LogP contribution in [0.1, 0.15) is 4.28 Å². The number of hydrogen-bond donors (Lipinski definition) is 2. The van der Waals surface area contributed by atoms with Crippen LogP contribution < -0.4 is 154 Å². The first-order valence-electron chi connectivity index (χ1n) is 0.532. The Morgan fingerprint density at radius 3 is 1.12 bits per heavy atom. The molecule has 43 valence electrons. The first-order chi connectivity index (χ1) is 1.73. The van der Waals surface area contributed by atoms with E-state index in [9.17, 15) is 0 Å². The van der Waals surface area contributed by atoms with Crippen LogP contribution in [0, 0.1) is 0 Å². The van der Waals surface area contributed by atoms with E-state index in [0.717, 1.165) is 0 Å². The fourth-order valence-electron chi connectivity index (χ4n) is 0. The SMILES string of the molecule is O=S(O)O.[Au].[H-].[H-].[H-].[K+].[K+].[K+]. The molecule has 0 aliphatic heterocycles. The van der Waals surface area contributed by atoms with E-state index in [1.807, 2.05) is 0 Å². The van der Waals surface area contributed by atoms with Crippen molar-refractivity contribution in [3.63, 3.8) is 0 Å². The molecule has 0 aliphatic rings. The first-order valence-corrected chi connectivity index (χ1v) is 1.60. The molecule has 0 atom stereocenters. The molecule has 2 N–H and O–H groups in total. The molecule has 0 bridgehead atoms. The maximum atomic E-state index is 8.67. The molecule has 0 heterocycles. The van der Waals surface area contributed by atoms with Gasteiger partial charge in [0.1, 0.15) is 0 Å². The topological polar surface area (TPSA) is 57.5 Å². The van der Waals surface area contributed by atoms with E-state index in [1.165, 1.54) is 0 Å². The Morgan fingerprint density at radius 1 is 1.12 bits per heavy atom. The molecule has 0 fully saturated rings. The van der Waals surface area contributed by atoms with E-state index in [0.29, 0.717) is 0 Å². The van der Waals surface area contributed by atoms with Gasteiger partial charge in [0.25, 0.3) is 11.4 Å². The summed E-state index contributed by atoms with van der Waals surface area (Å²) in [6, 6.07) is 0. The fourth-order valence-corrected chi connectivity index (χ4v) is 0. The van der Waals surface area contributed by atoms with E-state index in [1.54, 1.807) is 0 Å². The molecular formula is H5AuK3O3S. The van der Waals surface area contributed by atoms with Crippen molar-refractivity contribution in [2.75, 3.05) is 0 Å². The van der Waals surface area contributed by atoms with Crippen LogP contribution in [0.2, 0.25) is 0 Å². The minimum absolute atomic E-state index is 0. The van der Waals surface area contributed by atoms with Crippen LogP contribution in [0.3, 0.4) is 0 Å². The van der Waals surface area contributed by atoms with Gasteiger partial charge in [-0.1, -0.05) is 0 Å². The molecule has 0 aromatic carbocycles. The predicted molar refractivity (Wildman–Crippen MR) is 16.7 cm³/mol. The third-order valence-electron chi connectivity index (χ3n) is 0. The summed E-state index contributed by atoms with van der Waals surface area (Å²) < 4.78 is 22.8. The van der Waals surface area contributed by atoms with Crippen molar-refractivity contribution in [1.29, 1.82) is 0 Å². The summed E-state index contributed by atoms with van der Waals surface area (Å²) in [5.41, 5.74) is 0. The number of rotatable bonds is 0. The van der Waals surface area contributed by atoms with E-state index in [4.69, 9.17) is 13.3 Å². The normalized spacial score (nSPS) is 4.38. The summed E-state index contributed by atoms with van der Waals surface area (Å²) in [5.74, 6) is 0. The Labute approximate surface area is 199 Å². The van der Waals surface area contributed by atoms with Gasteiger partial charge in [-0.3, -0.25) is 9.11 Å². The van der Waals surface area contributed by atoms with Gasteiger partial charge in [0, 0.05) is 22.4 Å². The molecule has 0 spiro atoms. The summed E-state index contributed by atoms with van der Waals surface area (Å²) in [6.07, 6.45) is 0.